The number of nitrogens with zero attached hydrogens (tertiary/aromatic N) is 3. The van der Waals surface area contributed by atoms with Gasteiger partial charge in [0.1, 0.15) is 18.2 Å². The maximum Gasteiger partial charge on any atom is 0.451 e. The van der Waals surface area contributed by atoms with Gasteiger partial charge in [0.25, 0.3) is 0 Å². The van der Waals surface area contributed by atoms with E-state index in [0.717, 1.165) is 16.3 Å². The van der Waals surface area contributed by atoms with Crippen LogP contribution in [-0.2, 0) is 13.2 Å². The van der Waals surface area contributed by atoms with Gasteiger partial charge in [-0.1, -0.05) is 11.8 Å². The van der Waals surface area contributed by atoms with E-state index in [1.807, 2.05) is 0 Å². The molecule has 0 unspecified atom stereocenters. The van der Waals surface area contributed by atoms with Crippen LogP contribution in [0.15, 0.2) is 29.4 Å². The minimum Gasteiger partial charge on any atom is -0.491 e. The topological polar surface area (TPSA) is 60.2 Å². The van der Waals surface area contributed by atoms with Gasteiger partial charge in [-0.25, -0.2) is 4.39 Å². The number of halogens is 4. The molecule has 0 radical (unpaired) electrons. The molecule has 10 heteroatoms. The van der Waals surface area contributed by atoms with E-state index < -0.39 is 23.9 Å². The molecule has 0 saturated carbocycles. The van der Waals surface area contributed by atoms with Gasteiger partial charge in [-0.05, 0) is 24.3 Å². The molecule has 0 aliphatic carbocycles. The first-order valence-corrected chi connectivity index (χ1v) is 7.41. The fraction of sp³-hybridized carbons (Fsp3) is 0.385. The minimum atomic E-state index is -4.58. The molecule has 1 heterocycles. The van der Waals surface area contributed by atoms with Crippen molar-refractivity contribution in [1.29, 1.82) is 0 Å². The summed E-state index contributed by atoms with van der Waals surface area (Å²) in [6.07, 6.45) is -5.51. The van der Waals surface area contributed by atoms with E-state index >= 15 is 0 Å². The third kappa shape index (κ3) is 4.83. The number of aromatic nitrogens is 3. The predicted octanol–water partition coefficient (Wildman–Crippen LogP) is 2.51. The predicted molar refractivity (Wildman–Crippen MR) is 74.6 cm³/mol. The van der Waals surface area contributed by atoms with E-state index in [0.29, 0.717) is 5.75 Å². The number of thioether (sulfide) groups is 1. The zero-order chi connectivity index (χ0) is 17.0. The summed E-state index contributed by atoms with van der Waals surface area (Å²) in [6, 6.07) is 5.25. The lowest BCUT2D eigenvalue weighted by Gasteiger charge is -2.12. The highest BCUT2D eigenvalue weighted by Gasteiger charge is 2.37. The molecule has 5 nitrogen and oxygen atoms in total. The van der Waals surface area contributed by atoms with Gasteiger partial charge < -0.3 is 14.4 Å². The Kier molecular flexibility index (Phi) is 5.47. The van der Waals surface area contributed by atoms with Crippen LogP contribution in [0.2, 0.25) is 0 Å². The Labute approximate surface area is 133 Å². The number of hydrogen-bond acceptors (Lipinski definition) is 5. The quantitative estimate of drug-likeness (QED) is 0.640. The Morgan fingerprint density at radius 3 is 2.48 bits per heavy atom. The fourth-order valence-corrected chi connectivity index (χ4v) is 2.45. The van der Waals surface area contributed by atoms with Gasteiger partial charge in [-0.2, -0.15) is 13.2 Å². The second-order valence-corrected chi connectivity index (χ2v) is 5.58. The van der Waals surface area contributed by atoms with Crippen molar-refractivity contribution in [2.24, 2.45) is 7.05 Å². The maximum absolute atomic E-state index is 12.7. The first-order valence-electron chi connectivity index (χ1n) is 6.43. The maximum atomic E-state index is 12.7. The van der Waals surface area contributed by atoms with Crippen LogP contribution in [-0.4, -0.2) is 38.3 Å². The highest BCUT2D eigenvalue weighted by molar-refractivity contribution is 7.99. The summed E-state index contributed by atoms with van der Waals surface area (Å²) in [7, 11) is 1.20. The van der Waals surface area contributed by atoms with Crippen LogP contribution < -0.4 is 4.74 Å². The second-order valence-electron chi connectivity index (χ2n) is 4.59. The molecule has 2 rings (SSSR count). The summed E-state index contributed by atoms with van der Waals surface area (Å²) >= 11 is 0.929. The summed E-state index contributed by atoms with van der Waals surface area (Å²) < 4.78 is 56.5. The molecule has 23 heavy (non-hydrogen) atoms. The zero-order valence-electron chi connectivity index (χ0n) is 11.9. The average molecular weight is 351 g/mol. The average Bonchev–Trinajstić information content (AvgIpc) is 2.85. The number of rotatable bonds is 6. The van der Waals surface area contributed by atoms with Gasteiger partial charge in [0.15, 0.2) is 5.16 Å². The molecule has 0 spiro atoms. The molecule has 1 N–H and O–H groups in total. The summed E-state index contributed by atoms with van der Waals surface area (Å²) in [5.41, 5.74) is 0. The Morgan fingerprint density at radius 2 is 1.91 bits per heavy atom. The highest BCUT2D eigenvalue weighted by Crippen LogP contribution is 2.29. The van der Waals surface area contributed by atoms with Crippen molar-refractivity contribution in [2.45, 2.75) is 17.4 Å². The third-order valence-corrected chi connectivity index (χ3v) is 3.91. The van der Waals surface area contributed by atoms with Gasteiger partial charge in [0.2, 0.25) is 5.82 Å². The van der Waals surface area contributed by atoms with Crippen LogP contribution in [0, 0.1) is 5.82 Å². The normalized spacial score (nSPS) is 13.1. The monoisotopic (exact) mass is 351 g/mol. The lowest BCUT2D eigenvalue weighted by atomic mass is 10.3. The van der Waals surface area contributed by atoms with Crippen molar-refractivity contribution in [3.8, 4) is 5.75 Å². The number of alkyl halides is 3. The second kappa shape index (κ2) is 7.18. The van der Waals surface area contributed by atoms with Gasteiger partial charge >= 0.3 is 6.18 Å². The lowest BCUT2D eigenvalue weighted by molar-refractivity contribution is -0.147. The van der Waals surface area contributed by atoms with Gasteiger partial charge in [0.05, 0.1) is 6.10 Å². The molecule has 0 saturated heterocycles. The molecule has 2 aromatic rings. The third-order valence-electron chi connectivity index (χ3n) is 2.75. The lowest BCUT2D eigenvalue weighted by Crippen LogP contribution is -2.20. The Hall–Kier alpha value is -1.81. The SMILES string of the molecule is Cn1c(SC[C@@H](O)COc2ccc(F)cc2)nnc1C(F)(F)F. The van der Waals surface area contributed by atoms with Crippen molar-refractivity contribution in [1.82, 2.24) is 14.8 Å². The Bertz CT molecular complexity index is 646. The zero-order valence-corrected chi connectivity index (χ0v) is 12.7. The van der Waals surface area contributed by atoms with Crippen molar-refractivity contribution < 1.29 is 27.4 Å². The van der Waals surface area contributed by atoms with Crippen molar-refractivity contribution >= 4 is 11.8 Å². The fourth-order valence-electron chi connectivity index (χ4n) is 1.63. The highest BCUT2D eigenvalue weighted by atomic mass is 32.2. The van der Waals surface area contributed by atoms with E-state index in [2.05, 4.69) is 10.2 Å². The van der Waals surface area contributed by atoms with Crippen molar-refractivity contribution in [3.63, 3.8) is 0 Å². The van der Waals surface area contributed by atoms with Crippen LogP contribution in [0.3, 0.4) is 0 Å². The summed E-state index contributed by atoms with van der Waals surface area (Å²) in [4.78, 5) is 0. The number of aliphatic hydroxyl groups excluding tert-OH is 1. The number of ether oxygens (including phenoxy) is 1. The first kappa shape index (κ1) is 17.5. The molecule has 1 atom stereocenters. The molecule has 1 aromatic carbocycles. The van der Waals surface area contributed by atoms with Crippen LogP contribution in [0.4, 0.5) is 17.6 Å². The van der Waals surface area contributed by atoms with Crippen molar-refractivity contribution in [3.05, 3.63) is 35.9 Å². The van der Waals surface area contributed by atoms with Gasteiger partial charge in [0, 0.05) is 12.8 Å². The number of hydrogen-bond donors (Lipinski definition) is 1. The molecule has 0 bridgehead atoms. The van der Waals surface area contributed by atoms with Crippen molar-refractivity contribution in [2.75, 3.05) is 12.4 Å². The smallest absolute Gasteiger partial charge is 0.451 e. The number of aliphatic hydroxyl groups is 1. The summed E-state index contributed by atoms with van der Waals surface area (Å²) in [5, 5.41) is 16.4. The van der Waals surface area contributed by atoms with E-state index in [-0.39, 0.29) is 17.5 Å². The first-order chi connectivity index (χ1) is 10.8. The molecule has 0 aliphatic rings. The van der Waals surface area contributed by atoms with Crippen LogP contribution in [0.25, 0.3) is 0 Å². The van der Waals surface area contributed by atoms with Crippen LogP contribution >= 0.6 is 11.8 Å². The van der Waals surface area contributed by atoms with Crippen LogP contribution in [0.5, 0.6) is 5.75 Å². The molecular formula is C13H13F4N3O2S. The molecule has 1 aromatic heterocycles. The molecule has 0 aliphatic heterocycles. The van der Waals surface area contributed by atoms with E-state index in [1.165, 1.54) is 31.3 Å². The Balaban J connectivity index is 1.84. The van der Waals surface area contributed by atoms with E-state index in [4.69, 9.17) is 4.74 Å². The molecule has 126 valence electrons. The molecule has 0 fully saturated rings. The van der Waals surface area contributed by atoms with E-state index in [1.54, 1.807) is 0 Å². The Morgan fingerprint density at radius 1 is 1.26 bits per heavy atom. The molecule has 0 amide bonds. The minimum absolute atomic E-state index is 0.0400. The van der Waals surface area contributed by atoms with E-state index in [9.17, 15) is 22.7 Å². The molecular weight excluding hydrogens is 338 g/mol. The summed E-state index contributed by atoms with van der Waals surface area (Å²) in [6.45, 7) is -0.0807. The van der Waals surface area contributed by atoms with Gasteiger partial charge in [-0.3, -0.25) is 0 Å². The van der Waals surface area contributed by atoms with Gasteiger partial charge in [-0.15, -0.1) is 10.2 Å². The summed E-state index contributed by atoms with van der Waals surface area (Å²) in [5.74, 6) is -1.05. The largest absolute Gasteiger partial charge is 0.491 e. The van der Waals surface area contributed by atoms with Crippen LogP contribution in [0.1, 0.15) is 5.82 Å². The number of benzene rings is 1. The standard InChI is InChI=1S/C13H13F4N3O2S/c1-20-11(13(15,16)17)18-19-12(20)23-7-9(21)6-22-10-4-2-8(14)3-5-10/h2-5,9,21H,6-7H2,1H3/t9-/m0/s1.